The Morgan fingerprint density at radius 2 is 1.73 bits per heavy atom. The van der Waals surface area contributed by atoms with Crippen molar-refractivity contribution in [2.45, 2.75) is 52.5 Å². The molecule has 4 heteroatoms. The Labute approximate surface area is 133 Å². The number of amides is 1. The van der Waals surface area contributed by atoms with Gasteiger partial charge < -0.3 is 10.6 Å². The quantitative estimate of drug-likeness (QED) is 0.875. The molecule has 1 atom stereocenters. The molecule has 0 radical (unpaired) electrons. The molecule has 1 rings (SSSR count). The van der Waals surface area contributed by atoms with Crippen molar-refractivity contribution in [2.24, 2.45) is 5.92 Å². The van der Waals surface area contributed by atoms with Crippen LogP contribution in [-0.4, -0.2) is 18.0 Å². The maximum atomic E-state index is 12.0. The van der Waals surface area contributed by atoms with E-state index in [0.29, 0.717) is 0 Å². The van der Waals surface area contributed by atoms with Gasteiger partial charge in [0.15, 0.2) is 0 Å². The van der Waals surface area contributed by atoms with Crippen LogP contribution in [0, 0.1) is 17.2 Å². The molecule has 0 fully saturated rings. The number of carbonyl (C=O) groups is 1. The van der Waals surface area contributed by atoms with Crippen molar-refractivity contribution in [3.8, 4) is 6.07 Å². The van der Waals surface area contributed by atoms with Gasteiger partial charge in [-0.25, -0.2) is 0 Å². The Kier molecular flexibility index (Phi) is 5.59. The third kappa shape index (κ3) is 4.77. The average Bonchev–Trinajstić information content (AvgIpc) is 2.44. The van der Waals surface area contributed by atoms with Crippen LogP contribution in [0.4, 0.5) is 5.69 Å². The first-order valence-electron chi connectivity index (χ1n) is 7.65. The van der Waals surface area contributed by atoms with E-state index in [-0.39, 0.29) is 23.8 Å². The Bertz CT molecular complexity index is 549. The third-order valence-corrected chi connectivity index (χ3v) is 3.99. The SMILES string of the molecule is CC(C)C(C)(C#N)NC(=O)CNc1ccc(C(C)(C)C)cc1. The summed E-state index contributed by atoms with van der Waals surface area (Å²) in [6.07, 6.45) is 0. The molecule has 1 unspecified atom stereocenters. The highest BCUT2D eigenvalue weighted by Crippen LogP contribution is 2.23. The topological polar surface area (TPSA) is 64.9 Å². The summed E-state index contributed by atoms with van der Waals surface area (Å²) in [6.45, 7) is 12.2. The van der Waals surface area contributed by atoms with Crippen LogP contribution < -0.4 is 10.6 Å². The fourth-order valence-electron chi connectivity index (χ4n) is 1.91. The fraction of sp³-hybridized carbons (Fsp3) is 0.556. The molecule has 4 nitrogen and oxygen atoms in total. The minimum Gasteiger partial charge on any atom is -0.376 e. The number of hydrogen-bond acceptors (Lipinski definition) is 3. The molecule has 1 aromatic rings. The highest BCUT2D eigenvalue weighted by atomic mass is 16.2. The van der Waals surface area contributed by atoms with Crippen LogP contribution in [0.25, 0.3) is 0 Å². The molecule has 1 amide bonds. The monoisotopic (exact) mass is 301 g/mol. The standard InChI is InChI=1S/C18H27N3O/c1-13(2)18(6,12-19)21-16(22)11-20-15-9-7-14(8-10-15)17(3,4)5/h7-10,13,20H,11H2,1-6H3,(H,21,22). The Morgan fingerprint density at radius 1 is 1.18 bits per heavy atom. The van der Waals surface area contributed by atoms with E-state index in [2.05, 4.69) is 49.6 Å². The van der Waals surface area contributed by atoms with Crippen LogP contribution in [0.2, 0.25) is 0 Å². The van der Waals surface area contributed by atoms with Crippen LogP contribution in [0.1, 0.15) is 47.1 Å². The van der Waals surface area contributed by atoms with Gasteiger partial charge in [-0.3, -0.25) is 4.79 Å². The lowest BCUT2D eigenvalue weighted by molar-refractivity contribution is -0.121. The molecule has 0 bridgehead atoms. The number of carbonyl (C=O) groups excluding carboxylic acids is 1. The summed E-state index contributed by atoms with van der Waals surface area (Å²) in [4.78, 5) is 12.0. The van der Waals surface area contributed by atoms with Gasteiger partial charge in [-0.15, -0.1) is 0 Å². The summed E-state index contributed by atoms with van der Waals surface area (Å²) in [5.41, 5.74) is 1.42. The predicted octanol–water partition coefficient (Wildman–Crippen LogP) is 3.45. The number of nitriles is 1. The molecule has 0 aromatic heterocycles. The summed E-state index contributed by atoms with van der Waals surface area (Å²) >= 11 is 0. The van der Waals surface area contributed by atoms with Crippen molar-refractivity contribution in [2.75, 3.05) is 11.9 Å². The second-order valence-electron chi connectivity index (χ2n) is 7.20. The van der Waals surface area contributed by atoms with Crippen LogP contribution >= 0.6 is 0 Å². The predicted molar refractivity (Wildman–Crippen MR) is 90.6 cm³/mol. The van der Waals surface area contributed by atoms with E-state index in [4.69, 9.17) is 0 Å². The summed E-state index contributed by atoms with van der Waals surface area (Å²) in [5, 5.41) is 15.1. The second kappa shape index (κ2) is 6.83. The number of nitrogens with zero attached hydrogens (tertiary/aromatic N) is 1. The number of nitrogens with one attached hydrogen (secondary N) is 2. The van der Waals surface area contributed by atoms with E-state index >= 15 is 0 Å². The molecule has 0 aliphatic rings. The van der Waals surface area contributed by atoms with Gasteiger partial charge in [0.2, 0.25) is 5.91 Å². The summed E-state index contributed by atoms with van der Waals surface area (Å²) in [7, 11) is 0. The fourth-order valence-corrected chi connectivity index (χ4v) is 1.91. The lowest BCUT2D eigenvalue weighted by Crippen LogP contribution is -2.50. The number of rotatable bonds is 5. The van der Waals surface area contributed by atoms with Crippen molar-refractivity contribution < 1.29 is 4.79 Å². The highest BCUT2D eigenvalue weighted by molar-refractivity contribution is 5.81. The minimum absolute atomic E-state index is 0.0486. The smallest absolute Gasteiger partial charge is 0.240 e. The average molecular weight is 301 g/mol. The molecule has 0 aliphatic carbocycles. The highest BCUT2D eigenvalue weighted by Gasteiger charge is 2.29. The Morgan fingerprint density at radius 3 is 2.14 bits per heavy atom. The van der Waals surface area contributed by atoms with Gasteiger partial charge in [-0.05, 0) is 36.0 Å². The molecule has 22 heavy (non-hydrogen) atoms. The van der Waals surface area contributed by atoms with Gasteiger partial charge >= 0.3 is 0 Å². The van der Waals surface area contributed by atoms with Crippen LogP contribution in [0.15, 0.2) is 24.3 Å². The summed E-state index contributed by atoms with van der Waals surface area (Å²) in [5.74, 6) is -0.134. The van der Waals surface area contributed by atoms with E-state index in [1.807, 2.05) is 26.0 Å². The number of anilines is 1. The van der Waals surface area contributed by atoms with Crippen molar-refractivity contribution in [3.05, 3.63) is 29.8 Å². The largest absolute Gasteiger partial charge is 0.376 e. The summed E-state index contributed by atoms with van der Waals surface area (Å²) < 4.78 is 0. The zero-order valence-corrected chi connectivity index (χ0v) is 14.4. The second-order valence-corrected chi connectivity index (χ2v) is 7.20. The molecular weight excluding hydrogens is 274 g/mol. The number of benzene rings is 1. The zero-order valence-electron chi connectivity index (χ0n) is 14.4. The first-order valence-corrected chi connectivity index (χ1v) is 7.65. The Hall–Kier alpha value is -2.02. The molecule has 0 heterocycles. The van der Waals surface area contributed by atoms with E-state index < -0.39 is 5.54 Å². The van der Waals surface area contributed by atoms with Crippen molar-refractivity contribution in [3.63, 3.8) is 0 Å². The molecule has 0 aliphatic heterocycles. The molecule has 120 valence electrons. The van der Waals surface area contributed by atoms with Gasteiger partial charge in [-0.2, -0.15) is 5.26 Å². The minimum atomic E-state index is -0.838. The van der Waals surface area contributed by atoms with E-state index in [1.54, 1.807) is 6.92 Å². The zero-order chi connectivity index (χ0) is 17.0. The first-order chi connectivity index (χ1) is 10.1. The van der Waals surface area contributed by atoms with E-state index in [0.717, 1.165) is 5.69 Å². The molecule has 1 aromatic carbocycles. The van der Waals surface area contributed by atoms with Crippen LogP contribution in [-0.2, 0) is 10.2 Å². The van der Waals surface area contributed by atoms with Crippen molar-refractivity contribution in [1.29, 1.82) is 5.26 Å². The maximum absolute atomic E-state index is 12.0. The van der Waals surface area contributed by atoms with Crippen molar-refractivity contribution in [1.82, 2.24) is 5.32 Å². The van der Waals surface area contributed by atoms with Crippen LogP contribution in [0.5, 0.6) is 0 Å². The number of hydrogen-bond donors (Lipinski definition) is 2. The van der Waals surface area contributed by atoms with Gasteiger partial charge in [0.1, 0.15) is 5.54 Å². The molecule has 0 saturated heterocycles. The molecular formula is C18H27N3O. The lowest BCUT2D eigenvalue weighted by atomic mass is 9.87. The van der Waals surface area contributed by atoms with Crippen molar-refractivity contribution >= 4 is 11.6 Å². The van der Waals surface area contributed by atoms with E-state index in [1.165, 1.54) is 5.56 Å². The van der Waals surface area contributed by atoms with Crippen LogP contribution in [0.3, 0.4) is 0 Å². The van der Waals surface area contributed by atoms with Gasteiger partial charge in [0.25, 0.3) is 0 Å². The molecule has 0 spiro atoms. The maximum Gasteiger partial charge on any atom is 0.240 e. The van der Waals surface area contributed by atoms with Gasteiger partial charge in [0, 0.05) is 5.69 Å². The molecule has 2 N–H and O–H groups in total. The summed E-state index contributed by atoms with van der Waals surface area (Å²) in [6, 6.07) is 10.2. The normalized spacial score (nSPS) is 14.1. The third-order valence-electron chi connectivity index (χ3n) is 3.99. The Balaban J connectivity index is 2.60. The van der Waals surface area contributed by atoms with Gasteiger partial charge in [0.05, 0.1) is 12.6 Å². The van der Waals surface area contributed by atoms with E-state index in [9.17, 15) is 10.1 Å². The first kappa shape index (κ1) is 18.0. The van der Waals surface area contributed by atoms with Gasteiger partial charge in [-0.1, -0.05) is 46.8 Å². The lowest BCUT2D eigenvalue weighted by Gasteiger charge is -2.27. The molecule has 0 saturated carbocycles.